The van der Waals surface area contributed by atoms with Crippen LogP contribution in [0.15, 0.2) is 34.0 Å². The van der Waals surface area contributed by atoms with Gasteiger partial charge in [0, 0.05) is 5.75 Å². The Morgan fingerprint density at radius 3 is 3.14 bits per heavy atom. The van der Waals surface area contributed by atoms with Gasteiger partial charge in [-0.05, 0) is 17.1 Å². The minimum absolute atomic E-state index is 0.0162. The van der Waals surface area contributed by atoms with E-state index in [9.17, 15) is 14.7 Å². The summed E-state index contributed by atoms with van der Waals surface area (Å²) in [6.45, 7) is 0. The van der Waals surface area contributed by atoms with Crippen molar-refractivity contribution in [1.29, 1.82) is 0 Å². The lowest BCUT2D eigenvalue weighted by atomic mass is 10.0. The molecule has 10 heteroatoms. The van der Waals surface area contributed by atoms with Crippen LogP contribution in [-0.2, 0) is 9.59 Å². The smallest absolute Gasteiger partial charge is 0.352 e. The average Bonchev–Trinajstić information content (AvgIpc) is 2.98. The highest BCUT2D eigenvalue weighted by molar-refractivity contribution is 8.02. The zero-order valence-corrected chi connectivity index (χ0v) is 12.2. The quantitative estimate of drug-likeness (QED) is 0.521. The molecular formula is C11H11N5O3S2. The van der Waals surface area contributed by atoms with Crippen LogP contribution >= 0.6 is 23.5 Å². The Labute approximate surface area is 127 Å². The van der Waals surface area contributed by atoms with E-state index in [-0.39, 0.29) is 17.0 Å². The highest BCUT2D eigenvalue weighted by Crippen LogP contribution is 2.39. The summed E-state index contributed by atoms with van der Waals surface area (Å²) < 4.78 is 0. The van der Waals surface area contributed by atoms with Crippen molar-refractivity contribution in [2.45, 2.75) is 16.4 Å². The Bertz CT molecular complexity index is 642. The van der Waals surface area contributed by atoms with Crippen LogP contribution in [0.25, 0.3) is 0 Å². The number of carbonyl (C=O) groups is 2. The first-order chi connectivity index (χ1) is 10.1. The molecule has 21 heavy (non-hydrogen) atoms. The van der Waals surface area contributed by atoms with Gasteiger partial charge in [0.1, 0.15) is 22.1 Å². The van der Waals surface area contributed by atoms with Gasteiger partial charge in [0.25, 0.3) is 0 Å². The molecule has 2 aliphatic heterocycles. The summed E-state index contributed by atoms with van der Waals surface area (Å²) in [5, 5.41) is 21.5. The number of nitrogens with two attached hydrogens (primary N) is 1. The van der Waals surface area contributed by atoms with Crippen molar-refractivity contribution < 1.29 is 14.7 Å². The van der Waals surface area contributed by atoms with Gasteiger partial charge in [-0.3, -0.25) is 9.69 Å². The minimum atomic E-state index is -1.12. The van der Waals surface area contributed by atoms with Crippen molar-refractivity contribution in [2.24, 2.45) is 5.73 Å². The molecule has 0 aromatic carbocycles. The second-order valence-electron chi connectivity index (χ2n) is 4.34. The molecule has 0 spiro atoms. The van der Waals surface area contributed by atoms with Crippen molar-refractivity contribution in [1.82, 2.24) is 20.3 Å². The number of nitrogens with zero attached hydrogens (tertiary/aromatic N) is 3. The molecule has 3 heterocycles. The van der Waals surface area contributed by atoms with Crippen LogP contribution in [0.4, 0.5) is 0 Å². The number of β-lactam (4-membered cyclic amide) rings is 1. The molecular weight excluding hydrogens is 314 g/mol. The van der Waals surface area contributed by atoms with E-state index in [0.29, 0.717) is 16.4 Å². The van der Waals surface area contributed by atoms with Gasteiger partial charge < -0.3 is 10.8 Å². The number of aromatic amines is 1. The maximum atomic E-state index is 11.8. The number of H-pyrrole nitrogens is 1. The fraction of sp³-hybridized carbons (Fsp3) is 0.273. The third-order valence-electron chi connectivity index (χ3n) is 3.09. The highest BCUT2D eigenvalue weighted by Gasteiger charge is 2.51. The number of allylic oxidation sites excluding steroid dienone is 1. The van der Waals surface area contributed by atoms with Gasteiger partial charge in [-0.15, -0.1) is 16.9 Å². The summed E-state index contributed by atoms with van der Waals surface area (Å²) in [6, 6.07) is -0.612. The fourth-order valence-electron chi connectivity index (χ4n) is 2.10. The summed E-state index contributed by atoms with van der Waals surface area (Å²) in [7, 11) is 0. The van der Waals surface area contributed by atoms with Gasteiger partial charge in [0.15, 0.2) is 0 Å². The van der Waals surface area contributed by atoms with Gasteiger partial charge in [0.2, 0.25) is 5.91 Å². The fourth-order valence-corrected chi connectivity index (χ4v) is 3.95. The number of amides is 1. The normalized spacial score (nSPS) is 25.2. The molecule has 1 aromatic rings. The van der Waals surface area contributed by atoms with E-state index in [1.54, 1.807) is 17.7 Å². The number of nitrogens with one attached hydrogen (secondary N) is 1. The van der Waals surface area contributed by atoms with E-state index in [2.05, 4.69) is 15.4 Å². The Morgan fingerprint density at radius 1 is 1.67 bits per heavy atom. The zero-order chi connectivity index (χ0) is 15.0. The first-order valence-corrected chi connectivity index (χ1v) is 7.88. The van der Waals surface area contributed by atoms with Crippen molar-refractivity contribution in [3.8, 4) is 0 Å². The second-order valence-corrected chi connectivity index (χ2v) is 6.37. The first kappa shape index (κ1) is 14.2. The number of aliphatic carboxylic acids is 1. The second kappa shape index (κ2) is 5.54. The van der Waals surface area contributed by atoms with Gasteiger partial charge in [-0.1, -0.05) is 11.8 Å². The Kier molecular flexibility index (Phi) is 3.74. The first-order valence-electron chi connectivity index (χ1n) is 5.95. The van der Waals surface area contributed by atoms with E-state index in [1.165, 1.54) is 28.4 Å². The van der Waals surface area contributed by atoms with Crippen molar-refractivity contribution in [3.05, 3.63) is 29.0 Å². The average molecular weight is 325 g/mol. The van der Waals surface area contributed by atoms with Crippen molar-refractivity contribution in [3.63, 3.8) is 0 Å². The molecule has 1 amide bonds. The minimum Gasteiger partial charge on any atom is -0.477 e. The lowest BCUT2D eigenvalue weighted by Crippen LogP contribution is -2.68. The molecule has 2 atom stereocenters. The third kappa shape index (κ3) is 2.45. The van der Waals surface area contributed by atoms with Crippen LogP contribution in [0.1, 0.15) is 0 Å². The number of rotatable bonds is 4. The molecule has 1 aromatic heterocycles. The number of carboxylic acid groups (broad SMARTS) is 1. The van der Waals surface area contributed by atoms with E-state index in [4.69, 9.17) is 5.73 Å². The number of aromatic nitrogens is 3. The van der Waals surface area contributed by atoms with E-state index in [1.807, 2.05) is 0 Å². The lowest BCUT2D eigenvalue weighted by molar-refractivity contribution is -0.147. The number of carboxylic acids is 1. The molecule has 0 saturated carbocycles. The molecule has 8 nitrogen and oxygen atoms in total. The monoisotopic (exact) mass is 325 g/mol. The van der Waals surface area contributed by atoms with Gasteiger partial charge >= 0.3 is 5.97 Å². The number of hydrogen-bond acceptors (Lipinski definition) is 7. The summed E-state index contributed by atoms with van der Waals surface area (Å²) in [5.41, 5.74) is 6.28. The summed E-state index contributed by atoms with van der Waals surface area (Å²) in [5.74, 6) is -0.967. The third-order valence-corrected chi connectivity index (χ3v) is 5.13. The van der Waals surface area contributed by atoms with Gasteiger partial charge in [-0.2, -0.15) is 10.3 Å². The standard InChI is InChI=1S/C11H11N5O3S2/c12-7-9(17)16-8(11(18)19)5(4-21-10(7)16)1-2-20-6-3-13-15-14-6/h1-3,7,10H,4,12H2,(H,18,19)(H,13,14,15)/t7-,10-/m1/s1. The maximum absolute atomic E-state index is 11.8. The van der Waals surface area contributed by atoms with Crippen LogP contribution in [0.5, 0.6) is 0 Å². The van der Waals surface area contributed by atoms with Crippen LogP contribution in [0.2, 0.25) is 0 Å². The van der Waals surface area contributed by atoms with Crippen LogP contribution < -0.4 is 5.73 Å². The molecule has 0 aliphatic carbocycles. The maximum Gasteiger partial charge on any atom is 0.352 e. The van der Waals surface area contributed by atoms with Gasteiger partial charge in [-0.25, -0.2) is 4.79 Å². The molecule has 2 aliphatic rings. The predicted molar refractivity (Wildman–Crippen MR) is 77.1 cm³/mol. The number of fused-ring (bicyclic) bond motifs is 1. The van der Waals surface area contributed by atoms with Crippen molar-refractivity contribution >= 4 is 35.4 Å². The largest absolute Gasteiger partial charge is 0.477 e. The predicted octanol–water partition coefficient (Wildman–Crippen LogP) is -0.00840. The summed E-state index contributed by atoms with van der Waals surface area (Å²) in [6.07, 6.45) is 3.24. The molecule has 1 fully saturated rings. The molecule has 0 bridgehead atoms. The van der Waals surface area contributed by atoms with E-state index in [0.717, 1.165) is 0 Å². The van der Waals surface area contributed by atoms with Crippen LogP contribution in [0.3, 0.4) is 0 Å². The number of carbonyl (C=O) groups excluding carboxylic acids is 1. The molecule has 3 rings (SSSR count). The van der Waals surface area contributed by atoms with Gasteiger partial charge in [0.05, 0.1) is 6.20 Å². The van der Waals surface area contributed by atoms with Crippen LogP contribution in [0, 0.1) is 0 Å². The highest BCUT2D eigenvalue weighted by atomic mass is 32.2. The Balaban J connectivity index is 1.82. The Morgan fingerprint density at radius 2 is 2.48 bits per heavy atom. The summed E-state index contributed by atoms with van der Waals surface area (Å²) >= 11 is 2.77. The van der Waals surface area contributed by atoms with E-state index < -0.39 is 12.0 Å². The Hall–Kier alpha value is -1.78. The molecule has 4 N–H and O–H groups in total. The molecule has 110 valence electrons. The topological polar surface area (TPSA) is 125 Å². The van der Waals surface area contributed by atoms with E-state index >= 15 is 0 Å². The zero-order valence-electron chi connectivity index (χ0n) is 10.6. The number of hydrogen-bond donors (Lipinski definition) is 3. The van der Waals surface area contributed by atoms with Crippen molar-refractivity contribution in [2.75, 3.05) is 5.75 Å². The SMILES string of the molecule is N[C@@H]1C(=O)N2C(C(=O)O)=C(C=CSc3cn[nH]n3)CS[C@H]12. The molecule has 1 saturated heterocycles. The van der Waals surface area contributed by atoms with Crippen LogP contribution in [-0.4, -0.2) is 54.5 Å². The number of thioether (sulfide) groups is 2. The lowest BCUT2D eigenvalue weighted by Gasteiger charge is -2.47. The molecule has 0 unspecified atom stereocenters. The summed E-state index contributed by atoms with van der Waals surface area (Å²) in [4.78, 5) is 24.4. The molecule has 0 radical (unpaired) electrons.